The number of hydrogen-bond acceptors (Lipinski definition) is 7. The van der Waals surface area contributed by atoms with Gasteiger partial charge in [0.1, 0.15) is 24.5 Å². The number of benzene rings is 3. The van der Waals surface area contributed by atoms with Crippen molar-refractivity contribution in [3.05, 3.63) is 78.6 Å². The summed E-state index contributed by atoms with van der Waals surface area (Å²) in [6, 6.07) is 21.8. The summed E-state index contributed by atoms with van der Waals surface area (Å²) >= 11 is 5.71. The Morgan fingerprint density at radius 2 is 1.59 bits per heavy atom. The Bertz CT molecular complexity index is 1360. The van der Waals surface area contributed by atoms with Crippen molar-refractivity contribution < 1.29 is 14.2 Å². The van der Waals surface area contributed by atoms with Gasteiger partial charge in [-0.25, -0.2) is 9.97 Å². The highest BCUT2D eigenvalue weighted by atomic mass is 32.1. The molecule has 1 aromatic heterocycles. The maximum Gasteiger partial charge on any atom is 0.173 e. The van der Waals surface area contributed by atoms with Crippen molar-refractivity contribution in [3.63, 3.8) is 0 Å². The van der Waals surface area contributed by atoms with E-state index in [0.29, 0.717) is 23.2 Å². The van der Waals surface area contributed by atoms with Gasteiger partial charge in [0.15, 0.2) is 16.6 Å². The maximum absolute atomic E-state index is 5.88. The molecule has 0 aliphatic carbocycles. The van der Waals surface area contributed by atoms with E-state index in [1.165, 1.54) is 0 Å². The SMILES string of the molecule is COc1cc2ncnc(N3CCN(C(=S)Nc4ccc(OCc5ccccc5)cc4)CC3)c2cc1OC. The minimum atomic E-state index is 0.540. The largest absolute Gasteiger partial charge is 0.493 e. The fourth-order valence-corrected chi connectivity index (χ4v) is 4.62. The van der Waals surface area contributed by atoms with Crippen LogP contribution in [0.5, 0.6) is 17.2 Å². The molecule has 2 heterocycles. The fraction of sp³-hybridized carbons (Fsp3) is 0.250. The molecule has 9 heteroatoms. The number of piperazine rings is 1. The molecule has 4 aromatic rings. The normalized spacial score (nSPS) is 13.4. The second-order valence-electron chi connectivity index (χ2n) is 8.62. The van der Waals surface area contributed by atoms with Gasteiger partial charge in [0.2, 0.25) is 0 Å². The number of nitrogens with zero attached hydrogens (tertiary/aromatic N) is 4. The fourth-order valence-electron chi connectivity index (χ4n) is 4.32. The quantitative estimate of drug-likeness (QED) is 0.351. The van der Waals surface area contributed by atoms with E-state index in [-0.39, 0.29) is 0 Å². The molecule has 0 unspecified atom stereocenters. The van der Waals surface area contributed by atoms with Gasteiger partial charge in [-0.1, -0.05) is 30.3 Å². The van der Waals surface area contributed by atoms with Gasteiger partial charge in [0.05, 0.1) is 19.7 Å². The molecule has 190 valence electrons. The number of hydrogen-bond donors (Lipinski definition) is 1. The van der Waals surface area contributed by atoms with Gasteiger partial charge in [0, 0.05) is 43.3 Å². The van der Waals surface area contributed by atoms with E-state index in [9.17, 15) is 0 Å². The Kier molecular flexibility index (Phi) is 7.51. The molecule has 1 aliphatic rings. The van der Waals surface area contributed by atoms with Crippen LogP contribution in [0.1, 0.15) is 5.56 Å². The number of methoxy groups -OCH3 is 2. The van der Waals surface area contributed by atoms with Crippen molar-refractivity contribution >= 4 is 39.7 Å². The van der Waals surface area contributed by atoms with Crippen molar-refractivity contribution in [1.29, 1.82) is 0 Å². The van der Waals surface area contributed by atoms with E-state index in [2.05, 4.69) is 37.2 Å². The third-order valence-corrected chi connectivity index (χ3v) is 6.70. The summed E-state index contributed by atoms with van der Waals surface area (Å²) in [6.45, 7) is 3.67. The first-order valence-electron chi connectivity index (χ1n) is 12.1. The number of anilines is 2. The predicted octanol–water partition coefficient (Wildman–Crippen LogP) is 4.75. The van der Waals surface area contributed by atoms with Crippen molar-refractivity contribution in [3.8, 4) is 17.2 Å². The second-order valence-corrected chi connectivity index (χ2v) is 9.01. The molecular formula is C28H29N5O3S. The first-order valence-corrected chi connectivity index (χ1v) is 12.5. The molecule has 1 aliphatic heterocycles. The molecule has 3 aromatic carbocycles. The standard InChI is InChI=1S/C28H29N5O3S/c1-34-25-16-23-24(17-26(25)35-2)29-19-30-27(23)32-12-14-33(15-13-32)28(37)31-21-8-10-22(11-9-21)36-18-20-6-4-3-5-7-20/h3-11,16-17,19H,12-15,18H2,1-2H3,(H,31,37). The molecule has 0 radical (unpaired) electrons. The monoisotopic (exact) mass is 515 g/mol. The number of aromatic nitrogens is 2. The highest BCUT2D eigenvalue weighted by Gasteiger charge is 2.22. The molecule has 0 saturated carbocycles. The third-order valence-electron chi connectivity index (χ3n) is 6.34. The van der Waals surface area contributed by atoms with E-state index in [1.807, 2.05) is 54.6 Å². The molecule has 37 heavy (non-hydrogen) atoms. The zero-order valence-electron chi connectivity index (χ0n) is 20.9. The molecule has 0 spiro atoms. The summed E-state index contributed by atoms with van der Waals surface area (Å²) < 4.78 is 16.8. The van der Waals surface area contributed by atoms with Crippen LogP contribution >= 0.6 is 12.2 Å². The van der Waals surface area contributed by atoms with Gasteiger partial charge in [-0.05, 0) is 48.1 Å². The summed E-state index contributed by atoms with van der Waals surface area (Å²) in [6.07, 6.45) is 1.59. The van der Waals surface area contributed by atoms with Gasteiger partial charge in [0.25, 0.3) is 0 Å². The molecular weight excluding hydrogens is 486 g/mol. The molecule has 5 rings (SSSR count). The van der Waals surface area contributed by atoms with Crippen LogP contribution in [0.25, 0.3) is 10.9 Å². The lowest BCUT2D eigenvalue weighted by Gasteiger charge is -2.37. The van der Waals surface area contributed by atoms with Gasteiger partial charge in [-0.3, -0.25) is 0 Å². The van der Waals surface area contributed by atoms with E-state index < -0.39 is 0 Å². The lowest BCUT2D eigenvalue weighted by molar-refractivity contribution is 0.306. The molecule has 0 atom stereocenters. The Morgan fingerprint density at radius 1 is 0.892 bits per heavy atom. The maximum atomic E-state index is 5.88. The van der Waals surface area contributed by atoms with Crippen LogP contribution in [0.15, 0.2) is 73.1 Å². The van der Waals surface area contributed by atoms with E-state index in [0.717, 1.165) is 59.9 Å². The molecule has 0 amide bonds. The lowest BCUT2D eigenvalue weighted by atomic mass is 10.2. The topological polar surface area (TPSA) is 72.0 Å². The predicted molar refractivity (Wildman–Crippen MR) is 150 cm³/mol. The van der Waals surface area contributed by atoms with Crippen LogP contribution in [-0.2, 0) is 6.61 Å². The summed E-state index contributed by atoms with van der Waals surface area (Å²) in [5.41, 5.74) is 2.89. The number of ether oxygens (including phenoxy) is 3. The molecule has 8 nitrogen and oxygen atoms in total. The van der Waals surface area contributed by atoms with Crippen molar-refractivity contribution in [1.82, 2.24) is 14.9 Å². The first kappa shape index (κ1) is 24.6. The minimum absolute atomic E-state index is 0.540. The van der Waals surface area contributed by atoms with Crippen LogP contribution in [0.3, 0.4) is 0 Å². The van der Waals surface area contributed by atoms with Crippen LogP contribution in [-0.4, -0.2) is 60.4 Å². The van der Waals surface area contributed by atoms with Crippen LogP contribution < -0.4 is 24.4 Å². The average Bonchev–Trinajstić information content (AvgIpc) is 2.96. The molecule has 1 fully saturated rings. The average molecular weight is 516 g/mol. The van der Waals surface area contributed by atoms with Crippen molar-refractivity contribution in [2.75, 3.05) is 50.6 Å². The Labute approximate surface area is 221 Å². The van der Waals surface area contributed by atoms with Crippen LogP contribution in [0.4, 0.5) is 11.5 Å². The molecule has 1 saturated heterocycles. The van der Waals surface area contributed by atoms with Gasteiger partial charge < -0.3 is 29.3 Å². The summed E-state index contributed by atoms with van der Waals surface area (Å²) in [4.78, 5) is 13.4. The number of nitrogens with one attached hydrogen (secondary N) is 1. The lowest BCUT2D eigenvalue weighted by Crippen LogP contribution is -2.50. The Hall–Kier alpha value is -4.11. The van der Waals surface area contributed by atoms with E-state index >= 15 is 0 Å². The van der Waals surface area contributed by atoms with Gasteiger partial charge in [-0.2, -0.15) is 0 Å². The van der Waals surface area contributed by atoms with Crippen molar-refractivity contribution in [2.24, 2.45) is 0 Å². The van der Waals surface area contributed by atoms with Crippen LogP contribution in [0.2, 0.25) is 0 Å². The highest BCUT2D eigenvalue weighted by molar-refractivity contribution is 7.80. The van der Waals surface area contributed by atoms with Gasteiger partial charge >= 0.3 is 0 Å². The molecule has 1 N–H and O–H groups in total. The summed E-state index contributed by atoms with van der Waals surface area (Å²) in [7, 11) is 3.25. The number of fused-ring (bicyclic) bond motifs is 1. The Morgan fingerprint density at radius 3 is 2.30 bits per heavy atom. The first-order chi connectivity index (χ1) is 18.1. The summed E-state index contributed by atoms with van der Waals surface area (Å²) in [5, 5.41) is 4.99. The second kappa shape index (κ2) is 11.3. The van der Waals surface area contributed by atoms with E-state index in [4.69, 9.17) is 26.4 Å². The zero-order chi connectivity index (χ0) is 25.6. The smallest absolute Gasteiger partial charge is 0.173 e. The van der Waals surface area contributed by atoms with Crippen LogP contribution in [0, 0.1) is 0 Å². The third kappa shape index (κ3) is 5.67. The molecule has 0 bridgehead atoms. The Balaban J connectivity index is 1.18. The number of thiocarbonyl (C=S) groups is 1. The highest BCUT2D eigenvalue weighted by Crippen LogP contribution is 2.35. The van der Waals surface area contributed by atoms with Crippen molar-refractivity contribution in [2.45, 2.75) is 6.61 Å². The zero-order valence-corrected chi connectivity index (χ0v) is 21.7. The van der Waals surface area contributed by atoms with Gasteiger partial charge in [-0.15, -0.1) is 0 Å². The number of rotatable bonds is 7. The summed E-state index contributed by atoms with van der Waals surface area (Å²) in [5.74, 6) is 3.01. The minimum Gasteiger partial charge on any atom is -0.493 e. The van der Waals surface area contributed by atoms with E-state index in [1.54, 1.807) is 20.5 Å².